The maximum atomic E-state index is 14.5. The first-order chi connectivity index (χ1) is 13.5. The molecule has 0 spiro atoms. The molecule has 0 radical (unpaired) electrons. The molecule has 2 aromatic rings. The molecule has 29 heavy (non-hydrogen) atoms. The van der Waals surface area contributed by atoms with Crippen LogP contribution in [0.2, 0.25) is 0 Å². The van der Waals surface area contributed by atoms with Crippen LogP contribution < -0.4 is 10.9 Å². The summed E-state index contributed by atoms with van der Waals surface area (Å²) in [6.45, 7) is 2.47. The van der Waals surface area contributed by atoms with E-state index in [2.05, 4.69) is 24.8 Å². The van der Waals surface area contributed by atoms with Crippen molar-refractivity contribution in [1.29, 1.82) is 0 Å². The van der Waals surface area contributed by atoms with Gasteiger partial charge in [0.15, 0.2) is 23.6 Å². The second-order valence-electron chi connectivity index (χ2n) is 6.64. The number of aromatic nitrogens is 4. The van der Waals surface area contributed by atoms with Crippen LogP contribution in [0.1, 0.15) is 20.1 Å². The normalized spacial score (nSPS) is 25.1. The molecule has 0 bridgehead atoms. The molecular weight excluding hydrogens is 416 g/mol. The monoisotopic (exact) mass is 435 g/mol. The largest absolute Gasteiger partial charge is 0.470 e. The Labute approximate surface area is 162 Å². The number of hydrogen-bond donors (Lipinski definition) is 5. The lowest BCUT2D eigenvalue weighted by molar-refractivity contribution is -0.118. The highest BCUT2D eigenvalue weighted by molar-refractivity contribution is 7.46. The molecule has 1 amide bonds. The third kappa shape index (κ3) is 4.37. The predicted molar refractivity (Wildman–Crippen MR) is 94.4 cm³/mol. The number of phosphoric ester groups is 1. The van der Waals surface area contributed by atoms with Gasteiger partial charge in [-0.1, -0.05) is 13.8 Å². The molecule has 4 atom stereocenters. The predicted octanol–water partition coefficient (Wildman–Crippen LogP) is -0.580. The number of aromatic amines is 1. The number of aliphatic hydroxyl groups is 1. The summed E-state index contributed by atoms with van der Waals surface area (Å²) in [7, 11) is -5.12. The molecule has 1 fully saturated rings. The number of nitrogens with one attached hydrogen (secondary N) is 2. The van der Waals surface area contributed by atoms with Crippen molar-refractivity contribution in [3.05, 3.63) is 16.7 Å². The van der Waals surface area contributed by atoms with Crippen LogP contribution >= 0.6 is 7.82 Å². The number of anilines is 1. The Balaban J connectivity index is 2.05. The lowest BCUT2D eigenvalue weighted by Gasteiger charge is -2.21. The first-order valence-corrected chi connectivity index (χ1v) is 9.97. The lowest BCUT2D eigenvalue weighted by atomic mass is 10.1. The molecule has 0 aromatic carbocycles. The zero-order chi connectivity index (χ0) is 21.5. The van der Waals surface area contributed by atoms with E-state index in [4.69, 9.17) is 14.5 Å². The van der Waals surface area contributed by atoms with E-state index in [0.29, 0.717) is 0 Å². The van der Waals surface area contributed by atoms with Gasteiger partial charge in [0.2, 0.25) is 11.9 Å². The smallest absolute Gasteiger partial charge is 0.394 e. The fourth-order valence-corrected chi connectivity index (χ4v) is 3.31. The summed E-state index contributed by atoms with van der Waals surface area (Å²) in [6.07, 6.45) is -5.79. The van der Waals surface area contributed by atoms with Crippen molar-refractivity contribution < 1.29 is 37.9 Å². The second kappa shape index (κ2) is 7.89. The summed E-state index contributed by atoms with van der Waals surface area (Å²) in [5, 5.41) is 11.7. The number of nitrogens with zero attached hydrogens (tertiary/aromatic N) is 3. The summed E-state index contributed by atoms with van der Waals surface area (Å²) in [6, 6.07) is 0. The molecule has 1 aliphatic rings. The summed E-state index contributed by atoms with van der Waals surface area (Å²) >= 11 is 0. The van der Waals surface area contributed by atoms with E-state index in [0.717, 1.165) is 10.9 Å². The first-order valence-electron chi connectivity index (χ1n) is 8.44. The number of H-pyrrole nitrogens is 1. The molecule has 2 aromatic heterocycles. The number of alkyl halides is 1. The van der Waals surface area contributed by atoms with Crippen LogP contribution in [0.5, 0.6) is 0 Å². The van der Waals surface area contributed by atoms with Crippen LogP contribution in [0.15, 0.2) is 11.1 Å². The van der Waals surface area contributed by atoms with E-state index < -0.39 is 56.4 Å². The van der Waals surface area contributed by atoms with Gasteiger partial charge in [0, 0.05) is 5.92 Å². The van der Waals surface area contributed by atoms with Crippen molar-refractivity contribution in [2.45, 2.75) is 38.5 Å². The van der Waals surface area contributed by atoms with Gasteiger partial charge in [-0.3, -0.25) is 29.0 Å². The fraction of sp³-hybridized carbons (Fsp3) is 0.571. The molecule has 0 aliphatic carbocycles. The van der Waals surface area contributed by atoms with Gasteiger partial charge in [-0.15, -0.1) is 0 Å². The molecule has 0 unspecified atom stereocenters. The molecule has 13 nitrogen and oxygen atoms in total. The lowest BCUT2D eigenvalue weighted by Crippen LogP contribution is -2.31. The zero-order valence-corrected chi connectivity index (χ0v) is 16.1. The first kappa shape index (κ1) is 21.5. The summed E-state index contributed by atoms with van der Waals surface area (Å²) in [4.78, 5) is 52.5. The number of aliphatic hydroxyl groups excluding tert-OH is 1. The van der Waals surface area contributed by atoms with Gasteiger partial charge in [0.25, 0.3) is 5.56 Å². The zero-order valence-electron chi connectivity index (χ0n) is 15.2. The van der Waals surface area contributed by atoms with Crippen molar-refractivity contribution in [2.75, 3.05) is 11.9 Å². The van der Waals surface area contributed by atoms with Crippen molar-refractivity contribution in [1.82, 2.24) is 19.5 Å². The Morgan fingerprint density at radius 2 is 2.21 bits per heavy atom. The van der Waals surface area contributed by atoms with Crippen LogP contribution in [0.3, 0.4) is 0 Å². The Morgan fingerprint density at radius 3 is 2.79 bits per heavy atom. The van der Waals surface area contributed by atoms with Crippen molar-refractivity contribution >= 4 is 30.8 Å². The van der Waals surface area contributed by atoms with Crippen molar-refractivity contribution in [3.63, 3.8) is 0 Å². The third-order valence-corrected chi connectivity index (χ3v) is 4.69. The van der Waals surface area contributed by atoms with Crippen LogP contribution in [-0.4, -0.2) is 65.3 Å². The van der Waals surface area contributed by atoms with Gasteiger partial charge >= 0.3 is 7.82 Å². The van der Waals surface area contributed by atoms with E-state index >= 15 is 0 Å². The number of halogens is 1. The summed E-state index contributed by atoms with van der Waals surface area (Å²) in [5.74, 6) is -1.04. The number of fused-ring (bicyclic) bond motifs is 1. The Morgan fingerprint density at radius 1 is 1.52 bits per heavy atom. The van der Waals surface area contributed by atoms with Gasteiger partial charge in [-0.25, -0.2) is 13.9 Å². The Kier molecular flexibility index (Phi) is 5.85. The number of carbonyl (C=O) groups is 1. The van der Waals surface area contributed by atoms with Crippen LogP contribution in [-0.2, 0) is 18.6 Å². The molecule has 160 valence electrons. The maximum absolute atomic E-state index is 14.5. The molecule has 5 N–H and O–H groups in total. The van der Waals surface area contributed by atoms with Crippen molar-refractivity contribution in [3.8, 4) is 0 Å². The van der Waals surface area contributed by atoms with Gasteiger partial charge < -0.3 is 19.6 Å². The highest BCUT2D eigenvalue weighted by atomic mass is 31.2. The average molecular weight is 435 g/mol. The van der Waals surface area contributed by atoms with Crippen LogP contribution in [0.4, 0.5) is 10.3 Å². The third-order valence-electron chi connectivity index (χ3n) is 4.18. The second-order valence-corrected chi connectivity index (χ2v) is 7.83. The minimum atomic E-state index is -5.12. The molecular formula is C14H19FN5O8P. The molecule has 3 rings (SSSR count). The summed E-state index contributed by atoms with van der Waals surface area (Å²) in [5.41, 5.74) is -1.05. The quantitative estimate of drug-likeness (QED) is 0.367. The number of hydrogen-bond acceptors (Lipinski definition) is 8. The molecule has 0 saturated carbocycles. The van der Waals surface area contributed by atoms with Gasteiger partial charge in [-0.05, 0) is 0 Å². The van der Waals surface area contributed by atoms with Crippen LogP contribution in [0, 0.1) is 5.92 Å². The van der Waals surface area contributed by atoms with E-state index in [-0.39, 0.29) is 17.1 Å². The average Bonchev–Trinajstić information content (AvgIpc) is 3.16. The topological polar surface area (TPSA) is 189 Å². The minimum absolute atomic E-state index is 0.150. The maximum Gasteiger partial charge on any atom is 0.470 e. The van der Waals surface area contributed by atoms with Gasteiger partial charge in [-0.2, -0.15) is 4.98 Å². The molecule has 15 heteroatoms. The number of imidazole rings is 1. The van der Waals surface area contributed by atoms with E-state index in [9.17, 15) is 23.7 Å². The number of carbonyl (C=O) groups excluding carboxylic acids is 1. The molecule has 3 heterocycles. The van der Waals surface area contributed by atoms with E-state index in [1.807, 2.05) is 0 Å². The number of ether oxygens (including phenoxy) is 1. The fourth-order valence-electron chi connectivity index (χ4n) is 2.77. The SMILES string of the molecule is CC(C)C(=O)Nc1nc2c(ncn2[C@@H]2O[C@H](CO)[C@H](F)[C@H]2OP(=O)(O)O)c(=O)[nH]1. The number of rotatable bonds is 6. The van der Waals surface area contributed by atoms with Crippen LogP contribution in [0.25, 0.3) is 11.2 Å². The number of amides is 1. The van der Waals surface area contributed by atoms with E-state index in [1.54, 1.807) is 13.8 Å². The van der Waals surface area contributed by atoms with E-state index in [1.165, 1.54) is 0 Å². The highest BCUT2D eigenvalue weighted by Gasteiger charge is 2.50. The summed E-state index contributed by atoms with van der Waals surface area (Å²) < 4.78 is 36.6. The minimum Gasteiger partial charge on any atom is -0.394 e. The highest BCUT2D eigenvalue weighted by Crippen LogP contribution is 2.45. The Hall–Kier alpha value is -2.22. The van der Waals surface area contributed by atoms with Gasteiger partial charge in [0.1, 0.15) is 12.2 Å². The molecule has 1 saturated heterocycles. The standard InChI is InChI=1S/C14H19FN5O8P/c1-5(2)11(22)18-14-17-10-8(12(23)19-14)16-4-20(10)13-9(28-29(24,25)26)7(15)6(3-21)27-13/h4-7,9,13,21H,3H2,1-2H3,(H2,24,25,26)(H2,17,18,19,22,23)/t6-,7+,9-,13-/m1/s1. The van der Waals surface area contributed by atoms with Gasteiger partial charge in [0.05, 0.1) is 12.9 Å². The number of phosphoric acid groups is 1. The molecule has 1 aliphatic heterocycles. The Bertz CT molecular complexity index is 1020. The van der Waals surface area contributed by atoms with Crippen molar-refractivity contribution in [2.24, 2.45) is 5.92 Å².